The van der Waals surface area contributed by atoms with E-state index in [1.807, 2.05) is 55.6 Å². The normalized spacial score (nSPS) is 14.6. The number of amides is 1. The standard InChI is InChI=1S/C26H29FN2O/c1-20-9-13-22(14-10-20)26(30)29(24-6-3-2-4-7-24)19-25-8-5-17-28(25)18-21-11-15-23(27)16-12-21/h5,8-17,24H,2-4,6-7,18-19H2,1H3. The van der Waals surface area contributed by atoms with Crippen LogP contribution in [0.15, 0.2) is 66.9 Å². The Morgan fingerprint density at radius 2 is 1.70 bits per heavy atom. The van der Waals surface area contributed by atoms with Crippen LogP contribution in [0.2, 0.25) is 0 Å². The molecule has 156 valence electrons. The van der Waals surface area contributed by atoms with E-state index in [4.69, 9.17) is 0 Å². The van der Waals surface area contributed by atoms with Gasteiger partial charge in [0.15, 0.2) is 0 Å². The van der Waals surface area contributed by atoms with Crippen molar-refractivity contribution in [1.29, 1.82) is 0 Å². The zero-order valence-corrected chi connectivity index (χ0v) is 17.6. The molecule has 4 rings (SSSR count). The van der Waals surface area contributed by atoms with Crippen LogP contribution in [0.5, 0.6) is 0 Å². The van der Waals surface area contributed by atoms with Crippen molar-refractivity contribution in [2.75, 3.05) is 0 Å². The van der Waals surface area contributed by atoms with Crippen molar-refractivity contribution in [3.63, 3.8) is 0 Å². The highest BCUT2D eigenvalue weighted by Gasteiger charge is 2.27. The molecule has 1 aromatic heterocycles. The molecule has 1 aliphatic carbocycles. The number of carbonyl (C=O) groups excluding carboxylic acids is 1. The molecule has 30 heavy (non-hydrogen) atoms. The van der Waals surface area contributed by atoms with Gasteiger partial charge in [0.05, 0.1) is 6.54 Å². The fourth-order valence-corrected chi connectivity index (χ4v) is 4.33. The highest BCUT2D eigenvalue weighted by Crippen LogP contribution is 2.26. The highest BCUT2D eigenvalue weighted by atomic mass is 19.1. The third kappa shape index (κ3) is 4.81. The molecule has 0 atom stereocenters. The SMILES string of the molecule is Cc1ccc(C(=O)N(Cc2cccn2Cc2ccc(F)cc2)C2CCCCC2)cc1. The topological polar surface area (TPSA) is 25.2 Å². The summed E-state index contributed by atoms with van der Waals surface area (Å²) in [5.74, 6) is -0.116. The Balaban J connectivity index is 1.57. The van der Waals surface area contributed by atoms with Crippen LogP contribution < -0.4 is 0 Å². The summed E-state index contributed by atoms with van der Waals surface area (Å²) in [6, 6.07) is 18.9. The lowest BCUT2D eigenvalue weighted by Crippen LogP contribution is -2.41. The molecule has 3 aromatic rings. The van der Waals surface area contributed by atoms with Gasteiger partial charge in [0.2, 0.25) is 0 Å². The first-order valence-electron chi connectivity index (χ1n) is 10.9. The van der Waals surface area contributed by atoms with Crippen LogP contribution in [0.1, 0.15) is 59.3 Å². The Labute approximate surface area is 178 Å². The predicted molar refractivity (Wildman–Crippen MR) is 118 cm³/mol. The quantitative estimate of drug-likeness (QED) is 0.498. The fraction of sp³-hybridized carbons (Fsp3) is 0.346. The second-order valence-corrected chi connectivity index (χ2v) is 8.34. The van der Waals surface area contributed by atoms with Crippen molar-refractivity contribution in [3.8, 4) is 0 Å². The minimum atomic E-state index is -0.223. The number of carbonyl (C=O) groups is 1. The van der Waals surface area contributed by atoms with Gasteiger partial charge < -0.3 is 9.47 Å². The Hall–Kier alpha value is -2.88. The number of aromatic nitrogens is 1. The van der Waals surface area contributed by atoms with Crippen LogP contribution in [0.25, 0.3) is 0 Å². The van der Waals surface area contributed by atoms with E-state index in [1.54, 1.807) is 0 Å². The second kappa shape index (κ2) is 9.29. The molecule has 1 amide bonds. The van der Waals surface area contributed by atoms with Crippen molar-refractivity contribution >= 4 is 5.91 Å². The third-order valence-electron chi connectivity index (χ3n) is 6.10. The first-order chi connectivity index (χ1) is 14.6. The summed E-state index contributed by atoms with van der Waals surface area (Å²) >= 11 is 0. The van der Waals surface area contributed by atoms with Gasteiger partial charge in [0.25, 0.3) is 5.91 Å². The summed E-state index contributed by atoms with van der Waals surface area (Å²) in [5.41, 5.74) is 4.06. The summed E-state index contributed by atoms with van der Waals surface area (Å²) in [6.07, 6.45) is 7.78. The molecule has 0 saturated heterocycles. The first-order valence-corrected chi connectivity index (χ1v) is 10.9. The third-order valence-corrected chi connectivity index (χ3v) is 6.10. The lowest BCUT2D eigenvalue weighted by Gasteiger charge is -2.35. The van der Waals surface area contributed by atoms with Gasteiger partial charge in [0.1, 0.15) is 5.82 Å². The molecule has 0 aliphatic heterocycles. The molecule has 1 saturated carbocycles. The van der Waals surface area contributed by atoms with Crippen molar-refractivity contribution < 1.29 is 9.18 Å². The van der Waals surface area contributed by atoms with Gasteiger partial charge in [-0.3, -0.25) is 4.79 Å². The van der Waals surface area contributed by atoms with E-state index in [2.05, 4.69) is 15.5 Å². The zero-order valence-electron chi connectivity index (χ0n) is 17.6. The van der Waals surface area contributed by atoms with Gasteiger partial charge in [-0.1, -0.05) is 49.1 Å². The Kier molecular flexibility index (Phi) is 6.32. The molecule has 1 heterocycles. The lowest BCUT2D eigenvalue weighted by atomic mass is 9.93. The number of rotatable bonds is 6. The number of aryl methyl sites for hydroxylation is 1. The summed E-state index contributed by atoms with van der Waals surface area (Å²) in [6.45, 7) is 3.29. The summed E-state index contributed by atoms with van der Waals surface area (Å²) in [7, 11) is 0. The average molecular weight is 405 g/mol. The number of hydrogen-bond acceptors (Lipinski definition) is 1. The van der Waals surface area contributed by atoms with Crippen LogP contribution in [-0.4, -0.2) is 21.4 Å². The van der Waals surface area contributed by atoms with E-state index in [0.717, 1.165) is 35.2 Å². The van der Waals surface area contributed by atoms with E-state index in [1.165, 1.54) is 31.4 Å². The van der Waals surface area contributed by atoms with Gasteiger partial charge in [-0.2, -0.15) is 0 Å². The smallest absolute Gasteiger partial charge is 0.254 e. The van der Waals surface area contributed by atoms with Gasteiger partial charge >= 0.3 is 0 Å². The van der Waals surface area contributed by atoms with Crippen molar-refractivity contribution in [2.24, 2.45) is 0 Å². The summed E-state index contributed by atoms with van der Waals surface area (Å²) < 4.78 is 15.4. The van der Waals surface area contributed by atoms with Crippen LogP contribution in [0.4, 0.5) is 4.39 Å². The van der Waals surface area contributed by atoms with Crippen molar-refractivity contribution in [3.05, 3.63) is 95.1 Å². The van der Waals surface area contributed by atoms with Crippen LogP contribution >= 0.6 is 0 Å². The van der Waals surface area contributed by atoms with E-state index < -0.39 is 0 Å². The molecule has 2 aromatic carbocycles. The first kappa shape index (κ1) is 20.4. The Morgan fingerprint density at radius 1 is 1.00 bits per heavy atom. The van der Waals surface area contributed by atoms with Crippen molar-refractivity contribution in [1.82, 2.24) is 9.47 Å². The molecular weight excluding hydrogens is 375 g/mol. The molecule has 0 radical (unpaired) electrons. The number of halogens is 1. The van der Waals surface area contributed by atoms with Crippen LogP contribution in [0, 0.1) is 12.7 Å². The van der Waals surface area contributed by atoms with Crippen molar-refractivity contribution in [2.45, 2.75) is 58.2 Å². The maximum absolute atomic E-state index is 13.5. The number of benzene rings is 2. The molecular formula is C26H29FN2O. The van der Waals surface area contributed by atoms with Gasteiger partial charge in [-0.05, 0) is 61.7 Å². The number of hydrogen-bond donors (Lipinski definition) is 0. The average Bonchev–Trinajstić information content (AvgIpc) is 3.21. The molecule has 4 heteroatoms. The van der Waals surface area contributed by atoms with Gasteiger partial charge in [-0.25, -0.2) is 4.39 Å². The van der Waals surface area contributed by atoms with E-state index >= 15 is 0 Å². The predicted octanol–water partition coefficient (Wildman–Crippen LogP) is 5.96. The fourth-order valence-electron chi connectivity index (χ4n) is 4.33. The van der Waals surface area contributed by atoms with Gasteiger partial charge in [0, 0.05) is 30.0 Å². The lowest BCUT2D eigenvalue weighted by molar-refractivity contribution is 0.0608. The molecule has 0 spiro atoms. The molecule has 0 bridgehead atoms. The molecule has 0 N–H and O–H groups in total. The number of nitrogens with zero attached hydrogens (tertiary/aromatic N) is 2. The van der Waals surface area contributed by atoms with Crippen LogP contribution in [-0.2, 0) is 13.1 Å². The highest BCUT2D eigenvalue weighted by molar-refractivity contribution is 5.94. The maximum Gasteiger partial charge on any atom is 0.254 e. The molecule has 1 fully saturated rings. The molecule has 1 aliphatic rings. The minimum absolute atomic E-state index is 0.108. The molecule has 3 nitrogen and oxygen atoms in total. The van der Waals surface area contributed by atoms with Gasteiger partial charge in [-0.15, -0.1) is 0 Å². The van der Waals surface area contributed by atoms with E-state index in [9.17, 15) is 9.18 Å². The largest absolute Gasteiger partial charge is 0.345 e. The summed E-state index contributed by atoms with van der Waals surface area (Å²) in [4.78, 5) is 15.5. The molecule has 0 unspecified atom stereocenters. The summed E-state index contributed by atoms with van der Waals surface area (Å²) in [5, 5.41) is 0. The second-order valence-electron chi connectivity index (χ2n) is 8.34. The Bertz CT molecular complexity index is 969. The maximum atomic E-state index is 13.5. The van der Waals surface area contributed by atoms with E-state index in [-0.39, 0.29) is 17.8 Å². The zero-order chi connectivity index (χ0) is 20.9. The monoisotopic (exact) mass is 404 g/mol. The van der Waals surface area contributed by atoms with Crippen LogP contribution in [0.3, 0.4) is 0 Å². The minimum Gasteiger partial charge on any atom is -0.345 e. The van der Waals surface area contributed by atoms with E-state index in [0.29, 0.717) is 13.1 Å². The Morgan fingerprint density at radius 3 is 2.40 bits per heavy atom.